The van der Waals surface area contributed by atoms with Crippen molar-refractivity contribution in [3.05, 3.63) is 0 Å². The molecule has 2 aliphatic carbocycles. The van der Waals surface area contributed by atoms with Crippen molar-refractivity contribution in [3.63, 3.8) is 0 Å². The van der Waals surface area contributed by atoms with E-state index < -0.39 is 18.6 Å². The largest absolute Gasteiger partial charge is 0.406 e. The minimum absolute atomic E-state index is 0.189. The van der Waals surface area contributed by atoms with Crippen LogP contribution in [0.1, 0.15) is 25.7 Å². The number of guanidine groups is 1. The van der Waals surface area contributed by atoms with Gasteiger partial charge in [0.05, 0.1) is 6.54 Å². The molecule has 0 radical (unpaired) electrons. The van der Waals surface area contributed by atoms with Crippen molar-refractivity contribution in [2.75, 3.05) is 53.4 Å². The Kier molecular flexibility index (Phi) is 6.18. The van der Waals surface area contributed by atoms with Crippen LogP contribution in [0.5, 0.6) is 0 Å². The summed E-state index contributed by atoms with van der Waals surface area (Å²) < 4.78 is 37.2. The Labute approximate surface area is 158 Å². The molecule has 9 heteroatoms. The van der Waals surface area contributed by atoms with E-state index in [0.717, 1.165) is 51.1 Å². The lowest BCUT2D eigenvalue weighted by molar-refractivity contribution is -0.157. The van der Waals surface area contributed by atoms with E-state index in [2.05, 4.69) is 20.1 Å². The molecule has 3 fully saturated rings. The zero-order valence-corrected chi connectivity index (χ0v) is 16.1. The molecule has 1 amide bonds. The molecule has 0 spiro atoms. The third-order valence-corrected chi connectivity index (χ3v) is 6.24. The van der Waals surface area contributed by atoms with Crippen molar-refractivity contribution < 1.29 is 18.0 Å². The van der Waals surface area contributed by atoms with E-state index in [4.69, 9.17) is 0 Å². The first-order chi connectivity index (χ1) is 12.8. The van der Waals surface area contributed by atoms with Crippen molar-refractivity contribution in [2.45, 2.75) is 37.9 Å². The number of halogens is 3. The summed E-state index contributed by atoms with van der Waals surface area (Å²) in [5.74, 6) is 1.76. The summed E-state index contributed by atoms with van der Waals surface area (Å²) in [7, 11) is 2.79. The first-order valence-electron chi connectivity index (χ1n) is 9.77. The van der Waals surface area contributed by atoms with Crippen molar-refractivity contribution in [2.24, 2.45) is 16.8 Å². The first kappa shape index (κ1) is 20.2. The molecule has 154 valence electrons. The molecule has 3 aliphatic rings. The molecule has 0 aromatic heterocycles. The van der Waals surface area contributed by atoms with E-state index in [1.807, 2.05) is 0 Å². The fourth-order valence-corrected chi connectivity index (χ4v) is 4.90. The molecule has 1 heterocycles. The van der Waals surface area contributed by atoms with Gasteiger partial charge in [0.25, 0.3) is 0 Å². The SMILES string of the molecule is CN=C(NCC(=O)N(C)CC(F)(F)F)N1CCN(C2CC3CCC2C3)CC1. The second-order valence-electron chi connectivity index (χ2n) is 8.03. The van der Waals surface area contributed by atoms with Gasteiger partial charge in [-0.3, -0.25) is 14.7 Å². The van der Waals surface area contributed by atoms with Crippen LogP contribution in [0.2, 0.25) is 0 Å². The minimum Gasteiger partial charge on any atom is -0.347 e. The highest BCUT2D eigenvalue weighted by atomic mass is 19.4. The lowest BCUT2D eigenvalue weighted by Crippen LogP contribution is -2.56. The monoisotopic (exact) mass is 389 g/mol. The molecule has 1 aliphatic heterocycles. The van der Waals surface area contributed by atoms with Crippen LogP contribution in [0.4, 0.5) is 13.2 Å². The van der Waals surface area contributed by atoms with Gasteiger partial charge in [-0.25, -0.2) is 0 Å². The van der Waals surface area contributed by atoms with Crippen LogP contribution in [0.25, 0.3) is 0 Å². The number of hydrogen-bond donors (Lipinski definition) is 1. The maximum atomic E-state index is 12.4. The summed E-state index contributed by atoms with van der Waals surface area (Å²) in [5.41, 5.74) is 0. The normalized spacial score (nSPS) is 29.3. The average molecular weight is 389 g/mol. The van der Waals surface area contributed by atoms with Gasteiger partial charge in [-0.1, -0.05) is 6.42 Å². The van der Waals surface area contributed by atoms with Gasteiger partial charge in [0.15, 0.2) is 5.96 Å². The van der Waals surface area contributed by atoms with Crippen LogP contribution < -0.4 is 5.32 Å². The number of amides is 1. The van der Waals surface area contributed by atoms with Crippen molar-refractivity contribution in [1.82, 2.24) is 20.0 Å². The molecular formula is C18H30F3N5O. The average Bonchev–Trinajstić information content (AvgIpc) is 3.24. The van der Waals surface area contributed by atoms with Gasteiger partial charge >= 0.3 is 6.18 Å². The van der Waals surface area contributed by atoms with Gasteiger partial charge in [-0.15, -0.1) is 0 Å². The highest BCUT2D eigenvalue weighted by molar-refractivity contribution is 5.86. The molecule has 3 atom stereocenters. The van der Waals surface area contributed by atoms with Gasteiger partial charge in [0.1, 0.15) is 6.54 Å². The van der Waals surface area contributed by atoms with Crippen molar-refractivity contribution in [3.8, 4) is 0 Å². The topological polar surface area (TPSA) is 51.2 Å². The predicted octanol–water partition coefficient (Wildman–Crippen LogP) is 1.39. The first-order valence-corrected chi connectivity index (χ1v) is 9.77. The van der Waals surface area contributed by atoms with Gasteiger partial charge < -0.3 is 15.1 Å². The Hall–Kier alpha value is -1.51. The van der Waals surface area contributed by atoms with Crippen molar-refractivity contribution >= 4 is 11.9 Å². The quantitative estimate of drug-likeness (QED) is 0.583. The summed E-state index contributed by atoms with van der Waals surface area (Å²) in [6.07, 6.45) is 1.10. The minimum atomic E-state index is -4.39. The maximum absolute atomic E-state index is 12.4. The number of hydrogen-bond acceptors (Lipinski definition) is 3. The zero-order valence-electron chi connectivity index (χ0n) is 16.1. The van der Waals surface area contributed by atoms with E-state index in [1.54, 1.807) is 7.05 Å². The number of carbonyl (C=O) groups excluding carboxylic acids is 1. The van der Waals surface area contributed by atoms with Crippen LogP contribution in [0.15, 0.2) is 4.99 Å². The molecule has 1 N–H and O–H groups in total. The lowest BCUT2D eigenvalue weighted by Gasteiger charge is -2.41. The van der Waals surface area contributed by atoms with Crippen molar-refractivity contribution in [1.29, 1.82) is 0 Å². The number of nitrogens with one attached hydrogen (secondary N) is 1. The Balaban J connectivity index is 1.43. The number of piperazine rings is 1. The molecule has 3 rings (SSSR count). The van der Waals surface area contributed by atoms with Crippen LogP contribution in [-0.2, 0) is 4.79 Å². The van der Waals surface area contributed by atoms with Gasteiger partial charge in [-0.2, -0.15) is 13.2 Å². The lowest BCUT2D eigenvalue weighted by atomic mass is 9.93. The fraction of sp³-hybridized carbons (Fsp3) is 0.889. The van der Waals surface area contributed by atoms with Crippen LogP contribution >= 0.6 is 0 Å². The van der Waals surface area contributed by atoms with Gasteiger partial charge in [0, 0.05) is 46.3 Å². The summed E-state index contributed by atoms with van der Waals surface area (Å²) in [6, 6.07) is 0.721. The Morgan fingerprint density at radius 3 is 2.41 bits per heavy atom. The Bertz CT molecular complexity index is 560. The Morgan fingerprint density at radius 2 is 1.89 bits per heavy atom. The predicted molar refractivity (Wildman–Crippen MR) is 97.4 cm³/mol. The van der Waals surface area contributed by atoms with Gasteiger partial charge in [0.2, 0.25) is 5.91 Å². The maximum Gasteiger partial charge on any atom is 0.406 e. The van der Waals surface area contributed by atoms with E-state index in [0.29, 0.717) is 10.9 Å². The molecule has 27 heavy (non-hydrogen) atoms. The Morgan fingerprint density at radius 1 is 1.19 bits per heavy atom. The number of fused-ring (bicyclic) bond motifs is 2. The van der Waals surface area contributed by atoms with Crippen LogP contribution in [-0.4, -0.2) is 92.1 Å². The molecular weight excluding hydrogens is 359 g/mol. The summed E-state index contributed by atoms with van der Waals surface area (Å²) in [6.45, 7) is 2.15. The molecule has 2 bridgehead atoms. The summed E-state index contributed by atoms with van der Waals surface area (Å²) >= 11 is 0. The molecule has 0 aromatic carbocycles. The molecule has 2 saturated carbocycles. The third-order valence-electron chi connectivity index (χ3n) is 6.24. The van der Waals surface area contributed by atoms with E-state index in [-0.39, 0.29) is 6.54 Å². The highest BCUT2D eigenvalue weighted by Gasteiger charge is 2.42. The molecule has 6 nitrogen and oxygen atoms in total. The number of likely N-dealkylation sites (N-methyl/N-ethyl adjacent to an activating group) is 1. The smallest absolute Gasteiger partial charge is 0.347 e. The highest BCUT2D eigenvalue weighted by Crippen LogP contribution is 2.46. The zero-order chi connectivity index (χ0) is 19.6. The third kappa shape index (κ3) is 5.06. The second kappa shape index (κ2) is 8.24. The number of rotatable bonds is 4. The molecule has 0 aromatic rings. The summed E-state index contributed by atoms with van der Waals surface area (Å²) in [4.78, 5) is 21.5. The second-order valence-corrected chi connectivity index (χ2v) is 8.03. The standard InChI is InChI=1S/C18H30F3N5O/c1-22-17(23-11-16(27)24(2)12-18(19,20)21)26-7-5-25(6-8-26)15-10-13-3-4-14(15)9-13/h13-15H,3-12H2,1-2H3,(H,22,23). The summed E-state index contributed by atoms with van der Waals surface area (Å²) in [5, 5.41) is 2.92. The van der Waals surface area contributed by atoms with E-state index in [9.17, 15) is 18.0 Å². The van der Waals surface area contributed by atoms with Crippen LogP contribution in [0, 0.1) is 11.8 Å². The fourth-order valence-electron chi connectivity index (χ4n) is 4.90. The van der Waals surface area contributed by atoms with Gasteiger partial charge in [-0.05, 0) is 31.1 Å². The number of carbonyl (C=O) groups is 1. The van der Waals surface area contributed by atoms with E-state index in [1.165, 1.54) is 25.7 Å². The molecule has 1 saturated heterocycles. The van der Waals surface area contributed by atoms with E-state index >= 15 is 0 Å². The van der Waals surface area contributed by atoms with Crippen LogP contribution in [0.3, 0.4) is 0 Å². The number of alkyl halides is 3. The molecule has 3 unspecified atom stereocenters. The number of nitrogens with zero attached hydrogens (tertiary/aromatic N) is 4. The number of aliphatic imine (C=N–C) groups is 1.